The first kappa shape index (κ1) is 18.0. The number of carbonyl (C=O) groups is 1. The molecule has 0 unspecified atom stereocenters. The summed E-state index contributed by atoms with van der Waals surface area (Å²) in [5.74, 6) is 1.08. The Morgan fingerprint density at radius 1 is 1.12 bits per heavy atom. The number of rotatable bonds is 4. The second kappa shape index (κ2) is 8.03. The normalized spacial score (nSPS) is 10.4. The average molecular weight is 387 g/mol. The highest BCUT2D eigenvalue weighted by Crippen LogP contribution is 2.30. The molecule has 7 nitrogen and oxygen atoms in total. The van der Waals surface area contributed by atoms with Crippen LogP contribution in [0.1, 0.15) is 0 Å². The van der Waals surface area contributed by atoms with Gasteiger partial charge < -0.3 is 11.1 Å². The van der Waals surface area contributed by atoms with Crippen LogP contribution in [0.15, 0.2) is 53.6 Å². The van der Waals surface area contributed by atoms with Gasteiger partial charge in [0.1, 0.15) is 16.8 Å². The van der Waals surface area contributed by atoms with Crippen molar-refractivity contribution in [3.8, 4) is 11.4 Å². The van der Waals surface area contributed by atoms with E-state index in [2.05, 4.69) is 25.6 Å². The summed E-state index contributed by atoms with van der Waals surface area (Å²) in [5.41, 5.74) is 7.23. The lowest BCUT2D eigenvalue weighted by Gasteiger charge is -2.09. The minimum absolute atomic E-state index is 0.296. The molecule has 0 saturated heterocycles. The van der Waals surface area contributed by atoms with Gasteiger partial charge in [-0.1, -0.05) is 29.8 Å². The van der Waals surface area contributed by atoms with E-state index < -0.39 is 0 Å². The van der Waals surface area contributed by atoms with E-state index in [-0.39, 0.29) is 6.03 Å². The van der Waals surface area contributed by atoms with Crippen molar-refractivity contribution in [3.05, 3.63) is 53.8 Å². The monoisotopic (exact) mass is 386 g/mol. The third kappa shape index (κ3) is 4.22. The lowest BCUT2D eigenvalue weighted by atomic mass is 10.2. The van der Waals surface area contributed by atoms with Crippen LogP contribution in [-0.4, -0.2) is 27.2 Å². The Hall–Kier alpha value is -2.84. The first-order valence-electron chi connectivity index (χ1n) is 7.53. The first-order chi connectivity index (χ1) is 12.6. The van der Waals surface area contributed by atoms with Crippen LogP contribution >= 0.6 is 23.4 Å². The number of anilines is 3. The third-order valence-electron chi connectivity index (χ3n) is 3.35. The maximum absolute atomic E-state index is 12.0. The molecule has 1 aromatic carbocycles. The molecule has 2 heterocycles. The maximum atomic E-state index is 12.0. The topological polar surface area (TPSA) is 106 Å². The summed E-state index contributed by atoms with van der Waals surface area (Å²) in [6, 6.07) is 12.1. The van der Waals surface area contributed by atoms with Crippen molar-refractivity contribution in [1.29, 1.82) is 0 Å². The van der Waals surface area contributed by atoms with Crippen LogP contribution in [0.2, 0.25) is 5.15 Å². The molecule has 0 aliphatic carbocycles. The highest BCUT2D eigenvalue weighted by atomic mass is 35.5. The number of amides is 2. The summed E-state index contributed by atoms with van der Waals surface area (Å²) in [4.78, 5) is 25.3. The molecular formula is C17H15ClN6OS. The standard InChI is InChI=1S/C17H15ClN6OS/c1-26-13-14(18)23-16(24-15(13)19)10-7-8-12(20-9-10)22-17(25)21-11-5-3-2-4-6-11/h2-9H,1H3,(H2,19,23,24)(H2,20,21,22,25). The predicted octanol–water partition coefficient (Wildman–Crippen LogP) is 4.14. The van der Waals surface area contributed by atoms with Crippen LogP contribution < -0.4 is 16.4 Å². The minimum Gasteiger partial charge on any atom is -0.383 e. The molecule has 26 heavy (non-hydrogen) atoms. The Kier molecular flexibility index (Phi) is 5.55. The molecule has 9 heteroatoms. The largest absolute Gasteiger partial charge is 0.383 e. The molecule has 3 aromatic rings. The predicted molar refractivity (Wildman–Crippen MR) is 106 cm³/mol. The highest BCUT2D eigenvalue weighted by Gasteiger charge is 2.12. The summed E-state index contributed by atoms with van der Waals surface area (Å²) in [5, 5.41) is 5.66. The summed E-state index contributed by atoms with van der Waals surface area (Å²) in [7, 11) is 0. The Morgan fingerprint density at radius 2 is 1.88 bits per heavy atom. The molecule has 3 rings (SSSR count). The van der Waals surface area contributed by atoms with E-state index in [4.69, 9.17) is 17.3 Å². The smallest absolute Gasteiger partial charge is 0.324 e. The molecule has 0 radical (unpaired) electrons. The molecule has 0 aliphatic heterocycles. The number of hydrogen-bond acceptors (Lipinski definition) is 6. The molecule has 0 aliphatic rings. The SMILES string of the molecule is CSc1c(N)nc(-c2ccc(NC(=O)Nc3ccccc3)nc2)nc1Cl. The Balaban J connectivity index is 1.71. The van der Waals surface area contributed by atoms with Crippen LogP contribution in [0, 0.1) is 0 Å². The summed E-state index contributed by atoms with van der Waals surface area (Å²) < 4.78 is 0. The van der Waals surface area contributed by atoms with Crippen molar-refractivity contribution in [3.63, 3.8) is 0 Å². The van der Waals surface area contributed by atoms with Crippen LogP contribution in [-0.2, 0) is 0 Å². The molecule has 132 valence electrons. The number of hydrogen-bond donors (Lipinski definition) is 3. The van der Waals surface area contributed by atoms with E-state index in [1.807, 2.05) is 24.5 Å². The lowest BCUT2D eigenvalue weighted by Crippen LogP contribution is -2.19. The number of nitrogens with zero attached hydrogens (tertiary/aromatic N) is 3. The number of nitrogen functional groups attached to an aromatic ring is 1. The Bertz CT molecular complexity index is 897. The van der Waals surface area contributed by atoms with Gasteiger partial charge in [-0.15, -0.1) is 11.8 Å². The molecule has 0 saturated carbocycles. The fourth-order valence-electron chi connectivity index (χ4n) is 2.16. The molecule has 2 aromatic heterocycles. The summed E-state index contributed by atoms with van der Waals surface area (Å²) in [6.07, 6.45) is 3.39. The van der Waals surface area contributed by atoms with E-state index in [1.54, 1.807) is 30.5 Å². The number of nitrogens with one attached hydrogen (secondary N) is 2. The number of halogens is 1. The van der Waals surface area contributed by atoms with Crippen LogP contribution in [0.25, 0.3) is 11.4 Å². The zero-order chi connectivity index (χ0) is 18.5. The van der Waals surface area contributed by atoms with Crippen molar-refractivity contribution < 1.29 is 4.79 Å². The van der Waals surface area contributed by atoms with Gasteiger partial charge in [0.2, 0.25) is 0 Å². The van der Waals surface area contributed by atoms with Gasteiger partial charge in [-0.2, -0.15) is 0 Å². The van der Waals surface area contributed by atoms with Crippen LogP contribution in [0.4, 0.5) is 22.1 Å². The van der Waals surface area contributed by atoms with E-state index in [0.29, 0.717) is 38.8 Å². The summed E-state index contributed by atoms with van der Waals surface area (Å²) in [6.45, 7) is 0. The van der Waals surface area contributed by atoms with Gasteiger partial charge in [-0.25, -0.2) is 19.7 Å². The second-order valence-electron chi connectivity index (χ2n) is 5.13. The third-order valence-corrected chi connectivity index (χ3v) is 4.55. The molecular weight excluding hydrogens is 372 g/mol. The van der Waals surface area contributed by atoms with Crippen molar-refractivity contribution in [2.45, 2.75) is 4.90 Å². The molecule has 0 bridgehead atoms. The van der Waals surface area contributed by atoms with Crippen molar-refractivity contribution in [2.24, 2.45) is 0 Å². The number of urea groups is 1. The fourth-order valence-corrected chi connectivity index (χ4v) is 3.03. The van der Waals surface area contributed by atoms with Gasteiger partial charge in [0, 0.05) is 17.4 Å². The van der Waals surface area contributed by atoms with Crippen molar-refractivity contribution >= 4 is 46.7 Å². The number of pyridine rings is 1. The Morgan fingerprint density at radius 3 is 2.50 bits per heavy atom. The number of thioether (sulfide) groups is 1. The summed E-state index contributed by atoms with van der Waals surface area (Å²) >= 11 is 7.51. The van der Waals surface area contributed by atoms with E-state index >= 15 is 0 Å². The minimum atomic E-state index is -0.385. The van der Waals surface area contributed by atoms with Crippen molar-refractivity contribution in [1.82, 2.24) is 15.0 Å². The van der Waals surface area contributed by atoms with E-state index in [9.17, 15) is 4.79 Å². The van der Waals surface area contributed by atoms with Gasteiger partial charge in [0.15, 0.2) is 5.82 Å². The quantitative estimate of drug-likeness (QED) is 0.459. The Labute approximate surface area is 159 Å². The number of carbonyl (C=O) groups excluding carboxylic acids is 1. The van der Waals surface area contributed by atoms with Crippen LogP contribution in [0.3, 0.4) is 0 Å². The lowest BCUT2D eigenvalue weighted by molar-refractivity contribution is 0.262. The van der Waals surface area contributed by atoms with E-state index in [0.717, 1.165) is 0 Å². The average Bonchev–Trinajstić information content (AvgIpc) is 2.63. The number of nitrogens with two attached hydrogens (primary N) is 1. The zero-order valence-corrected chi connectivity index (χ0v) is 15.3. The molecule has 0 spiro atoms. The van der Waals surface area contributed by atoms with Gasteiger partial charge in [-0.05, 0) is 30.5 Å². The van der Waals surface area contributed by atoms with Crippen molar-refractivity contribution in [2.75, 3.05) is 22.6 Å². The first-order valence-corrected chi connectivity index (χ1v) is 9.13. The van der Waals surface area contributed by atoms with Gasteiger partial charge in [0.25, 0.3) is 0 Å². The second-order valence-corrected chi connectivity index (χ2v) is 6.31. The van der Waals surface area contributed by atoms with Gasteiger partial charge in [-0.3, -0.25) is 5.32 Å². The number of para-hydroxylation sites is 1. The molecule has 4 N–H and O–H groups in total. The van der Waals surface area contributed by atoms with Gasteiger partial charge >= 0.3 is 6.03 Å². The van der Waals surface area contributed by atoms with Crippen LogP contribution in [0.5, 0.6) is 0 Å². The fraction of sp³-hybridized carbons (Fsp3) is 0.0588. The van der Waals surface area contributed by atoms with E-state index in [1.165, 1.54) is 11.8 Å². The van der Waals surface area contributed by atoms with Gasteiger partial charge in [0.05, 0.1) is 4.90 Å². The number of aromatic nitrogens is 3. The maximum Gasteiger partial charge on any atom is 0.324 e. The molecule has 0 fully saturated rings. The molecule has 0 atom stereocenters. The highest BCUT2D eigenvalue weighted by molar-refractivity contribution is 7.98. The zero-order valence-electron chi connectivity index (χ0n) is 13.7. The number of benzene rings is 1. The molecule has 2 amide bonds.